The molecule has 0 saturated heterocycles. The summed E-state index contributed by atoms with van der Waals surface area (Å²) >= 11 is 1.46. The van der Waals surface area contributed by atoms with E-state index in [-0.39, 0.29) is 24.8 Å². The SMILES string of the molecule is CCCc1cc2c([cH-]c3cc(C)ccc32)c(C2=CC=CC2)c1C.[Cl-].[Cl-].[Zr+2]=[C](c1ccccc1)c1ccccc1. The average molecular weight is 628 g/mol. The summed E-state index contributed by atoms with van der Waals surface area (Å²) in [5.41, 5.74) is 9.93. The molecule has 0 aromatic heterocycles. The third-order valence-electron chi connectivity index (χ3n) is 7.27. The van der Waals surface area contributed by atoms with Crippen molar-refractivity contribution in [1.82, 2.24) is 0 Å². The van der Waals surface area contributed by atoms with Crippen molar-refractivity contribution in [1.29, 1.82) is 0 Å². The Morgan fingerprint density at radius 1 is 0.821 bits per heavy atom. The van der Waals surface area contributed by atoms with E-state index in [2.05, 4.69) is 130 Å². The molecular formula is C36H33Cl2Zr-. The Balaban J connectivity index is 0.000000228. The number of aryl methyl sites for hydroxylation is 2. The van der Waals surface area contributed by atoms with Gasteiger partial charge in [-0.3, -0.25) is 0 Å². The molecule has 3 heteroatoms. The van der Waals surface area contributed by atoms with Crippen molar-refractivity contribution < 1.29 is 49.0 Å². The third kappa shape index (κ3) is 6.83. The van der Waals surface area contributed by atoms with Gasteiger partial charge >= 0.3 is 99.2 Å². The molecule has 0 unspecified atom stereocenters. The van der Waals surface area contributed by atoms with Crippen molar-refractivity contribution in [3.05, 3.63) is 143 Å². The molecule has 5 aromatic rings. The molecule has 5 aromatic carbocycles. The first kappa shape index (κ1) is 31.1. The van der Waals surface area contributed by atoms with Gasteiger partial charge in [-0.25, -0.2) is 0 Å². The maximum absolute atomic E-state index is 2.44. The van der Waals surface area contributed by atoms with Gasteiger partial charge in [0.25, 0.3) is 0 Å². The summed E-state index contributed by atoms with van der Waals surface area (Å²) in [6.45, 7) is 6.75. The van der Waals surface area contributed by atoms with Crippen molar-refractivity contribution in [3.8, 4) is 0 Å². The van der Waals surface area contributed by atoms with E-state index >= 15 is 0 Å². The Morgan fingerprint density at radius 3 is 2.03 bits per heavy atom. The van der Waals surface area contributed by atoms with Crippen molar-refractivity contribution in [2.75, 3.05) is 0 Å². The van der Waals surface area contributed by atoms with E-state index in [4.69, 9.17) is 0 Å². The molecule has 6 rings (SSSR count). The Labute approximate surface area is 260 Å². The molecule has 196 valence electrons. The molecule has 0 saturated carbocycles. The molecule has 0 amide bonds. The predicted octanol–water partition coefficient (Wildman–Crippen LogP) is 3.43. The third-order valence-corrected chi connectivity index (χ3v) is 8.69. The molecule has 0 spiro atoms. The fraction of sp³-hybridized carbons (Fsp3) is 0.167. The van der Waals surface area contributed by atoms with Crippen LogP contribution in [-0.2, 0) is 30.7 Å². The summed E-state index contributed by atoms with van der Waals surface area (Å²) in [5.74, 6) is 0. The fourth-order valence-corrected chi connectivity index (χ4v) is 6.20. The van der Waals surface area contributed by atoms with Gasteiger partial charge in [0.2, 0.25) is 0 Å². The first-order valence-electron chi connectivity index (χ1n) is 13.2. The van der Waals surface area contributed by atoms with Crippen LogP contribution in [0.15, 0.2) is 109 Å². The molecular weight excluding hydrogens is 595 g/mol. The van der Waals surface area contributed by atoms with E-state index in [0.29, 0.717) is 0 Å². The number of allylic oxidation sites excluding steroid dienone is 4. The molecule has 0 radical (unpaired) electrons. The minimum atomic E-state index is 0. The van der Waals surface area contributed by atoms with Gasteiger partial charge in [0.15, 0.2) is 0 Å². The second-order valence-electron chi connectivity index (χ2n) is 9.91. The Morgan fingerprint density at radius 2 is 1.46 bits per heavy atom. The summed E-state index contributed by atoms with van der Waals surface area (Å²) in [6, 6.07) is 32.8. The zero-order chi connectivity index (χ0) is 25.8. The van der Waals surface area contributed by atoms with Gasteiger partial charge in [-0.1, -0.05) is 77.6 Å². The van der Waals surface area contributed by atoms with E-state index in [1.54, 1.807) is 0 Å². The molecule has 1 aliphatic carbocycles. The van der Waals surface area contributed by atoms with Gasteiger partial charge in [0, 0.05) is 0 Å². The topological polar surface area (TPSA) is 0 Å². The molecule has 1 aliphatic rings. The van der Waals surface area contributed by atoms with Gasteiger partial charge in [0.05, 0.1) is 0 Å². The fourth-order valence-electron chi connectivity index (χ4n) is 5.38. The van der Waals surface area contributed by atoms with Crippen molar-refractivity contribution in [2.24, 2.45) is 0 Å². The summed E-state index contributed by atoms with van der Waals surface area (Å²) < 4.78 is 1.42. The van der Waals surface area contributed by atoms with Gasteiger partial charge in [-0.05, 0) is 26.7 Å². The van der Waals surface area contributed by atoms with Gasteiger partial charge in [0.1, 0.15) is 0 Å². The number of hydrogen-bond donors (Lipinski definition) is 0. The zero-order valence-corrected chi connectivity index (χ0v) is 26.7. The molecule has 0 aliphatic heterocycles. The summed E-state index contributed by atoms with van der Waals surface area (Å²) in [5, 5.41) is 5.63. The van der Waals surface area contributed by atoms with E-state index in [0.717, 1.165) is 12.8 Å². The van der Waals surface area contributed by atoms with Crippen LogP contribution in [0.4, 0.5) is 0 Å². The van der Waals surface area contributed by atoms with Crippen LogP contribution in [-0.4, -0.2) is 3.21 Å². The number of halogens is 2. The molecule has 0 N–H and O–H groups in total. The normalized spacial score (nSPS) is 11.9. The van der Waals surface area contributed by atoms with Crippen LogP contribution < -0.4 is 24.8 Å². The van der Waals surface area contributed by atoms with Crippen LogP contribution in [0, 0.1) is 13.8 Å². The monoisotopic (exact) mass is 625 g/mol. The first-order chi connectivity index (χ1) is 18.1. The number of benzene rings is 4. The van der Waals surface area contributed by atoms with Crippen LogP contribution >= 0.6 is 0 Å². The molecule has 0 fully saturated rings. The Bertz CT molecular complexity index is 1580. The van der Waals surface area contributed by atoms with Crippen LogP contribution in [0.5, 0.6) is 0 Å². The standard InChI is InChI=1S/C23H23.C13H10.2ClH.Zr/c1-4-7-18-13-21-20-11-10-15(2)12-19(20)14-22(21)23(16(18)3)17-8-5-6-9-17;1-3-7-12(8-4-1)11-13-9-5-2-6-10-13;;;/h5-6,8,10-14H,4,7,9H2,1-3H3;1-10H;2*1H;/q-1;;;;+2/p-2. The summed E-state index contributed by atoms with van der Waals surface area (Å²) in [7, 11) is 0. The maximum atomic E-state index is 2.44. The molecule has 0 heterocycles. The van der Waals surface area contributed by atoms with Crippen LogP contribution in [0.1, 0.15) is 53.1 Å². The van der Waals surface area contributed by atoms with Gasteiger partial charge in [-0.15, -0.1) is 33.7 Å². The first-order valence-corrected chi connectivity index (χ1v) is 14.5. The Kier molecular flexibility index (Phi) is 11.4. The van der Waals surface area contributed by atoms with E-state index in [9.17, 15) is 0 Å². The van der Waals surface area contributed by atoms with Crippen LogP contribution in [0.2, 0.25) is 0 Å². The minimum absolute atomic E-state index is 0. The molecule has 0 atom stereocenters. The number of fused-ring (bicyclic) bond motifs is 3. The predicted molar refractivity (Wildman–Crippen MR) is 158 cm³/mol. The second kappa shape index (κ2) is 14.3. The van der Waals surface area contributed by atoms with Crippen molar-refractivity contribution in [2.45, 2.75) is 40.0 Å². The van der Waals surface area contributed by atoms with Crippen LogP contribution in [0.3, 0.4) is 0 Å². The zero-order valence-electron chi connectivity index (χ0n) is 22.8. The Hall–Kier alpha value is -2.44. The van der Waals surface area contributed by atoms with Crippen molar-refractivity contribution >= 4 is 30.3 Å². The molecule has 0 bridgehead atoms. The van der Waals surface area contributed by atoms with Crippen LogP contribution in [0.25, 0.3) is 27.1 Å². The quantitative estimate of drug-likeness (QED) is 0.262. The second-order valence-corrected chi connectivity index (χ2v) is 11.1. The number of hydrogen-bond acceptors (Lipinski definition) is 0. The average Bonchev–Trinajstić information content (AvgIpc) is 3.58. The summed E-state index contributed by atoms with van der Waals surface area (Å²) in [4.78, 5) is 0. The summed E-state index contributed by atoms with van der Waals surface area (Å²) in [6.07, 6.45) is 10.2. The van der Waals surface area contributed by atoms with E-state index in [1.807, 2.05) is 0 Å². The van der Waals surface area contributed by atoms with Crippen molar-refractivity contribution in [3.63, 3.8) is 0 Å². The van der Waals surface area contributed by atoms with E-state index < -0.39 is 0 Å². The van der Waals surface area contributed by atoms with Gasteiger partial charge < -0.3 is 24.8 Å². The number of rotatable bonds is 5. The van der Waals surface area contributed by atoms with Gasteiger partial charge in [-0.2, -0.15) is 0 Å². The molecule has 0 nitrogen and oxygen atoms in total. The van der Waals surface area contributed by atoms with E-state index in [1.165, 1.54) is 94.4 Å². The molecule has 39 heavy (non-hydrogen) atoms.